The highest BCUT2D eigenvalue weighted by molar-refractivity contribution is 5.93. The van der Waals surface area contributed by atoms with Gasteiger partial charge in [0.05, 0.1) is 12.7 Å². The van der Waals surface area contributed by atoms with E-state index in [1.165, 1.54) is 12.1 Å². The first kappa shape index (κ1) is 13.5. The zero-order valence-corrected chi connectivity index (χ0v) is 11.3. The molecule has 0 amide bonds. The lowest BCUT2D eigenvalue weighted by Crippen LogP contribution is -2.09. The number of anilines is 1. The summed E-state index contributed by atoms with van der Waals surface area (Å²) in [5.41, 5.74) is 1.08. The van der Waals surface area contributed by atoms with Crippen LogP contribution in [-0.2, 0) is 4.74 Å². The van der Waals surface area contributed by atoms with Gasteiger partial charge in [0.2, 0.25) is 0 Å². The maximum absolute atomic E-state index is 11.9. The van der Waals surface area contributed by atoms with E-state index in [0.717, 1.165) is 18.8 Å². The summed E-state index contributed by atoms with van der Waals surface area (Å²) in [6.45, 7) is 1.58. The second kappa shape index (κ2) is 5.85. The lowest BCUT2D eigenvalue weighted by Gasteiger charge is -2.07. The fourth-order valence-electron chi connectivity index (χ4n) is 1.87. The molecular formula is C16H15NO4. The van der Waals surface area contributed by atoms with Gasteiger partial charge in [0.1, 0.15) is 17.1 Å². The van der Waals surface area contributed by atoms with Crippen LogP contribution in [0, 0.1) is 0 Å². The highest BCUT2D eigenvalue weighted by Gasteiger charge is 2.21. The topological polar surface area (TPSA) is 71.1 Å². The average molecular weight is 285 g/mol. The second-order valence-electron chi connectivity index (χ2n) is 4.77. The van der Waals surface area contributed by atoms with E-state index < -0.39 is 5.97 Å². The molecule has 1 aliphatic rings. The number of ether oxygens (including phenoxy) is 2. The third-order valence-corrected chi connectivity index (χ3v) is 3.13. The summed E-state index contributed by atoms with van der Waals surface area (Å²) in [5.74, 6) is -0.248. The SMILES string of the molecule is O=C(Oc1ccc(NCC2CO2)cc1)c1ccccc1O. The van der Waals surface area contributed by atoms with Crippen LogP contribution < -0.4 is 10.1 Å². The Kier molecular flexibility index (Phi) is 3.75. The number of phenols is 1. The Labute approximate surface area is 122 Å². The lowest BCUT2D eigenvalue weighted by molar-refractivity contribution is 0.0731. The van der Waals surface area contributed by atoms with Gasteiger partial charge in [-0.3, -0.25) is 0 Å². The monoisotopic (exact) mass is 285 g/mol. The molecule has 2 N–H and O–H groups in total. The first-order valence-corrected chi connectivity index (χ1v) is 6.68. The molecule has 108 valence electrons. The number of rotatable bonds is 5. The van der Waals surface area contributed by atoms with Crippen LogP contribution in [0.15, 0.2) is 48.5 Å². The number of carbonyl (C=O) groups is 1. The van der Waals surface area contributed by atoms with E-state index >= 15 is 0 Å². The first-order chi connectivity index (χ1) is 10.2. The van der Waals surface area contributed by atoms with Crippen molar-refractivity contribution in [2.75, 3.05) is 18.5 Å². The molecule has 5 nitrogen and oxygen atoms in total. The van der Waals surface area contributed by atoms with Crippen molar-refractivity contribution in [3.8, 4) is 11.5 Å². The Hall–Kier alpha value is -2.53. The minimum atomic E-state index is -0.583. The molecule has 1 heterocycles. The second-order valence-corrected chi connectivity index (χ2v) is 4.77. The summed E-state index contributed by atoms with van der Waals surface area (Å²) in [6.07, 6.45) is 0.309. The van der Waals surface area contributed by atoms with E-state index in [1.54, 1.807) is 24.3 Å². The van der Waals surface area contributed by atoms with E-state index in [9.17, 15) is 9.90 Å². The number of para-hydroxylation sites is 1. The van der Waals surface area contributed by atoms with Crippen molar-refractivity contribution in [2.24, 2.45) is 0 Å². The number of esters is 1. The third kappa shape index (κ3) is 3.52. The van der Waals surface area contributed by atoms with Gasteiger partial charge in [-0.1, -0.05) is 12.1 Å². The molecule has 0 spiro atoms. The van der Waals surface area contributed by atoms with E-state index in [1.807, 2.05) is 12.1 Å². The molecule has 1 saturated heterocycles. The van der Waals surface area contributed by atoms with Crippen LogP contribution in [0.25, 0.3) is 0 Å². The molecule has 1 atom stereocenters. The van der Waals surface area contributed by atoms with Gasteiger partial charge in [0, 0.05) is 12.2 Å². The van der Waals surface area contributed by atoms with Crippen molar-refractivity contribution < 1.29 is 19.4 Å². The maximum Gasteiger partial charge on any atom is 0.347 e. The molecule has 1 unspecified atom stereocenters. The predicted octanol–water partition coefficient (Wildman–Crippen LogP) is 2.42. The van der Waals surface area contributed by atoms with Crippen molar-refractivity contribution >= 4 is 11.7 Å². The Morgan fingerprint density at radius 1 is 1.24 bits per heavy atom. The molecule has 2 aromatic rings. The minimum Gasteiger partial charge on any atom is -0.507 e. The summed E-state index contributed by atoms with van der Waals surface area (Å²) >= 11 is 0. The van der Waals surface area contributed by atoms with Crippen LogP contribution in [0.4, 0.5) is 5.69 Å². The van der Waals surface area contributed by atoms with Crippen molar-refractivity contribution in [3.63, 3.8) is 0 Å². The number of phenolic OH excluding ortho intramolecular Hbond substituents is 1. The standard InChI is InChI=1S/C16H15NO4/c18-15-4-2-1-3-14(15)16(19)21-12-7-5-11(6-8-12)17-9-13-10-20-13/h1-8,13,17-18H,9-10H2. The molecule has 21 heavy (non-hydrogen) atoms. The molecule has 0 bridgehead atoms. The van der Waals surface area contributed by atoms with Gasteiger partial charge >= 0.3 is 5.97 Å². The van der Waals surface area contributed by atoms with E-state index in [4.69, 9.17) is 9.47 Å². The summed E-state index contributed by atoms with van der Waals surface area (Å²) in [5, 5.41) is 12.8. The fourth-order valence-corrected chi connectivity index (χ4v) is 1.87. The van der Waals surface area contributed by atoms with Gasteiger partial charge < -0.3 is 19.9 Å². The third-order valence-electron chi connectivity index (χ3n) is 3.13. The molecular weight excluding hydrogens is 270 g/mol. The zero-order chi connectivity index (χ0) is 14.7. The molecule has 0 aliphatic carbocycles. The maximum atomic E-state index is 11.9. The van der Waals surface area contributed by atoms with Crippen LogP contribution in [0.2, 0.25) is 0 Å². The van der Waals surface area contributed by atoms with Gasteiger partial charge in [-0.15, -0.1) is 0 Å². The van der Waals surface area contributed by atoms with Crippen LogP contribution in [0.5, 0.6) is 11.5 Å². The number of benzene rings is 2. The summed E-state index contributed by atoms with van der Waals surface area (Å²) in [6, 6.07) is 13.3. The van der Waals surface area contributed by atoms with Crippen molar-refractivity contribution in [1.29, 1.82) is 0 Å². The number of hydrogen-bond donors (Lipinski definition) is 2. The molecule has 0 saturated carbocycles. The van der Waals surface area contributed by atoms with E-state index in [0.29, 0.717) is 11.9 Å². The average Bonchev–Trinajstić information content (AvgIpc) is 3.31. The minimum absolute atomic E-state index is 0.0924. The van der Waals surface area contributed by atoms with E-state index in [-0.39, 0.29) is 11.3 Å². The Bertz CT molecular complexity index is 635. The van der Waals surface area contributed by atoms with Gasteiger partial charge in [0.25, 0.3) is 0 Å². The van der Waals surface area contributed by atoms with Crippen LogP contribution in [-0.4, -0.2) is 30.3 Å². The van der Waals surface area contributed by atoms with Gasteiger partial charge in [-0.25, -0.2) is 4.79 Å². The summed E-state index contributed by atoms with van der Waals surface area (Å²) in [4.78, 5) is 11.9. The van der Waals surface area contributed by atoms with Crippen LogP contribution in [0.3, 0.4) is 0 Å². The smallest absolute Gasteiger partial charge is 0.347 e. The number of carbonyl (C=O) groups excluding carboxylic acids is 1. The number of aromatic hydroxyl groups is 1. The lowest BCUT2D eigenvalue weighted by atomic mass is 10.2. The molecule has 5 heteroatoms. The predicted molar refractivity (Wildman–Crippen MR) is 77.7 cm³/mol. The van der Waals surface area contributed by atoms with Crippen molar-refractivity contribution in [2.45, 2.75) is 6.10 Å². The van der Waals surface area contributed by atoms with Crippen LogP contribution >= 0.6 is 0 Å². The quantitative estimate of drug-likeness (QED) is 0.501. The zero-order valence-electron chi connectivity index (χ0n) is 11.3. The Balaban J connectivity index is 1.61. The fraction of sp³-hybridized carbons (Fsp3) is 0.188. The highest BCUT2D eigenvalue weighted by atomic mass is 16.6. The molecule has 0 aromatic heterocycles. The van der Waals surface area contributed by atoms with Crippen molar-refractivity contribution in [3.05, 3.63) is 54.1 Å². The molecule has 0 radical (unpaired) electrons. The van der Waals surface area contributed by atoms with Crippen molar-refractivity contribution in [1.82, 2.24) is 0 Å². The molecule has 3 rings (SSSR count). The summed E-state index contributed by atoms with van der Waals surface area (Å²) in [7, 11) is 0. The molecule has 1 fully saturated rings. The molecule has 2 aromatic carbocycles. The first-order valence-electron chi connectivity index (χ1n) is 6.68. The van der Waals surface area contributed by atoms with Gasteiger partial charge in [0.15, 0.2) is 0 Å². The van der Waals surface area contributed by atoms with E-state index in [2.05, 4.69) is 5.32 Å². The Morgan fingerprint density at radius 2 is 1.95 bits per heavy atom. The Morgan fingerprint density at radius 3 is 2.62 bits per heavy atom. The van der Waals surface area contributed by atoms with Gasteiger partial charge in [-0.2, -0.15) is 0 Å². The molecule has 1 aliphatic heterocycles. The number of nitrogens with one attached hydrogen (secondary N) is 1. The number of epoxide rings is 1. The summed E-state index contributed by atoms with van der Waals surface area (Å²) < 4.78 is 10.3. The highest BCUT2D eigenvalue weighted by Crippen LogP contribution is 2.21. The normalized spacial score (nSPS) is 16.3. The number of hydrogen-bond acceptors (Lipinski definition) is 5. The van der Waals surface area contributed by atoms with Gasteiger partial charge in [-0.05, 0) is 36.4 Å². The largest absolute Gasteiger partial charge is 0.507 e. The van der Waals surface area contributed by atoms with Crippen LogP contribution in [0.1, 0.15) is 10.4 Å².